The van der Waals surface area contributed by atoms with E-state index in [0.717, 1.165) is 5.69 Å². The molecule has 4 heteroatoms. The zero-order valence-electron chi connectivity index (χ0n) is 9.20. The molecule has 0 fully saturated rings. The molecule has 2 rings (SSSR count). The number of benzene rings is 1. The number of rotatable bonds is 3. The van der Waals surface area contributed by atoms with Gasteiger partial charge in [-0.3, -0.25) is 0 Å². The fraction of sp³-hybridized carbons (Fsp3) is 0.250. The first-order chi connectivity index (χ1) is 7.66. The first-order valence-corrected chi connectivity index (χ1v) is 7.10. The maximum atomic E-state index is 4.31. The first-order valence-electron chi connectivity index (χ1n) is 5.07. The highest BCUT2D eigenvalue weighted by atomic mass is 127. The second-order valence-corrected chi connectivity index (χ2v) is 5.70. The summed E-state index contributed by atoms with van der Waals surface area (Å²) >= 11 is 3.96. The molecular weight excluding hydrogens is 331 g/mol. The fourth-order valence-corrected chi connectivity index (χ4v) is 2.83. The van der Waals surface area contributed by atoms with E-state index in [1.807, 2.05) is 5.51 Å². The van der Waals surface area contributed by atoms with Crippen LogP contribution < -0.4 is 5.32 Å². The van der Waals surface area contributed by atoms with Crippen LogP contribution in [0.3, 0.4) is 0 Å². The number of hydrogen-bond acceptors (Lipinski definition) is 3. The van der Waals surface area contributed by atoms with E-state index < -0.39 is 0 Å². The standard InChI is InChI=1S/C12H13IN2S/c1-8-5-10(13)3-4-11(8)15-9(2)12-6-16-7-14-12/h3-7,9,15H,1-2H3. The maximum absolute atomic E-state index is 4.31. The van der Waals surface area contributed by atoms with E-state index >= 15 is 0 Å². The number of anilines is 1. The van der Waals surface area contributed by atoms with Gasteiger partial charge in [-0.15, -0.1) is 11.3 Å². The van der Waals surface area contributed by atoms with Crippen molar-refractivity contribution in [1.29, 1.82) is 0 Å². The van der Waals surface area contributed by atoms with Gasteiger partial charge < -0.3 is 5.32 Å². The molecule has 1 unspecified atom stereocenters. The van der Waals surface area contributed by atoms with Crippen LogP contribution >= 0.6 is 33.9 Å². The lowest BCUT2D eigenvalue weighted by Crippen LogP contribution is -2.07. The van der Waals surface area contributed by atoms with Crippen molar-refractivity contribution in [3.8, 4) is 0 Å². The Kier molecular flexibility index (Phi) is 3.81. The minimum absolute atomic E-state index is 0.255. The molecule has 0 amide bonds. The van der Waals surface area contributed by atoms with E-state index in [1.165, 1.54) is 14.8 Å². The molecule has 0 aliphatic heterocycles. The van der Waals surface area contributed by atoms with Crippen LogP contribution in [0, 0.1) is 10.5 Å². The third-order valence-corrected chi connectivity index (χ3v) is 3.73. The number of aromatic nitrogens is 1. The van der Waals surface area contributed by atoms with Gasteiger partial charge in [0.15, 0.2) is 0 Å². The Morgan fingerprint density at radius 3 is 2.88 bits per heavy atom. The molecule has 2 aromatic rings. The van der Waals surface area contributed by atoms with Gasteiger partial charge in [0.1, 0.15) is 0 Å². The summed E-state index contributed by atoms with van der Waals surface area (Å²) in [6.45, 7) is 4.25. The topological polar surface area (TPSA) is 24.9 Å². The van der Waals surface area contributed by atoms with Gasteiger partial charge in [0, 0.05) is 14.6 Å². The van der Waals surface area contributed by atoms with E-state index in [9.17, 15) is 0 Å². The van der Waals surface area contributed by atoms with Crippen molar-refractivity contribution >= 4 is 39.6 Å². The summed E-state index contributed by atoms with van der Waals surface area (Å²) in [7, 11) is 0. The molecule has 1 atom stereocenters. The number of thiazole rings is 1. The lowest BCUT2D eigenvalue weighted by Gasteiger charge is -2.15. The van der Waals surface area contributed by atoms with E-state index in [0.29, 0.717) is 0 Å². The van der Waals surface area contributed by atoms with Gasteiger partial charge in [-0.1, -0.05) is 0 Å². The third kappa shape index (κ3) is 2.74. The van der Waals surface area contributed by atoms with Crippen LogP contribution in [0.1, 0.15) is 24.2 Å². The van der Waals surface area contributed by atoms with Gasteiger partial charge in [0.2, 0.25) is 0 Å². The Labute approximate surface area is 113 Å². The second kappa shape index (κ2) is 5.14. The van der Waals surface area contributed by atoms with Crippen molar-refractivity contribution in [3.05, 3.63) is 43.9 Å². The Hall–Kier alpha value is -0.620. The van der Waals surface area contributed by atoms with Crippen LogP contribution in [0.25, 0.3) is 0 Å². The highest BCUT2D eigenvalue weighted by Crippen LogP contribution is 2.23. The van der Waals surface area contributed by atoms with Crippen LogP contribution in [-0.2, 0) is 0 Å². The molecule has 0 radical (unpaired) electrons. The molecule has 84 valence electrons. The van der Waals surface area contributed by atoms with Crippen LogP contribution in [0.15, 0.2) is 29.1 Å². The van der Waals surface area contributed by atoms with Crippen LogP contribution in [0.5, 0.6) is 0 Å². The second-order valence-electron chi connectivity index (χ2n) is 3.74. The molecule has 1 N–H and O–H groups in total. The van der Waals surface area contributed by atoms with Crippen molar-refractivity contribution in [2.24, 2.45) is 0 Å². The zero-order valence-corrected chi connectivity index (χ0v) is 12.2. The average molecular weight is 344 g/mol. The summed E-state index contributed by atoms with van der Waals surface area (Å²) in [6, 6.07) is 6.67. The number of hydrogen-bond donors (Lipinski definition) is 1. The van der Waals surface area contributed by atoms with Crippen molar-refractivity contribution in [2.45, 2.75) is 19.9 Å². The van der Waals surface area contributed by atoms with E-state index in [2.05, 4.69) is 70.3 Å². The average Bonchev–Trinajstić information content (AvgIpc) is 2.75. The van der Waals surface area contributed by atoms with Gasteiger partial charge in [-0.2, -0.15) is 0 Å². The normalized spacial score (nSPS) is 12.4. The third-order valence-electron chi connectivity index (χ3n) is 2.46. The molecule has 0 spiro atoms. The Morgan fingerprint density at radius 2 is 2.25 bits per heavy atom. The summed E-state index contributed by atoms with van der Waals surface area (Å²) in [4.78, 5) is 4.31. The number of nitrogens with zero attached hydrogens (tertiary/aromatic N) is 1. The van der Waals surface area contributed by atoms with E-state index in [1.54, 1.807) is 11.3 Å². The summed E-state index contributed by atoms with van der Waals surface area (Å²) in [5.74, 6) is 0. The quantitative estimate of drug-likeness (QED) is 0.843. The van der Waals surface area contributed by atoms with Gasteiger partial charge in [-0.05, 0) is 60.2 Å². The Bertz CT molecular complexity index is 468. The number of nitrogens with one attached hydrogen (secondary N) is 1. The number of halogens is 1. The molecule has 1 aromatic heterocycles. The van der Waals surface area contributed by atoms with Crippen molar-refractivity contribution in [3.63, 3.8) is 0 Å². The molecule has 1 heterocycles. The minimum Gasteiger partial charge on any atom is -0.377 e. The van der Waals surface area contributed by atoms with Crippen molar-refractivity contribution in [1.82, 2.24) is 4.98 Å². The Balaban J connectivity index is 2.15. The Morgan fingerprint density at radius 1 is 1.44 bits per heavy atom. The fourth-order valence-electron chi connectivity index (χ4n) is 1.53. The van der Waals surface area contributed by atoms with Gasteiger partial charge in [-0.25, -0.2) is 4.98 Å². The van der Waals surface area contributed by atoms with Crippen molar-refractivity contribution in [2.75, 3.05) is 5.32 Å². The summed E-state index contributed by atoms with van der Waals surface area (Å²) in [5, 5.41) is 5.56. The molecule has 1 aromatic carbocycles. The van der Waals surface area contributed by atoms with E-state index in [4.69, 9.17) is 0 Å². The maximum Gasteiger partial charge on any atom is 0.0795 e. The van der Waals surface area contributed by atoms with Crippen LogP contribution in [-0.4, -0.2) is 4.98 Å². The molecule has 0 bridgehead atoms. The highest BCUT2D eigenvalue weighted by molar-refractivity contribution is 14.1. The SMILES string of the molecule is Cc1cc(I)ccc1NC(C)c1cscn1. The molecule has 0 aliphatic rings. The number of aryl methyl sites for hydroxylation is 1. The van der Waals surface area contributed by atoms with Gasteiger partial charge in [0.25, 0.3) is 0 Å². The summed E-state index contributed by atoms with van der Waals surface area (Å²) in [6.07, 6.45) is 0. The lowest BCUT2D eigenvalue weighted by molar-refractivity contribution is 0.848. The molecular formula is C12H13IN2S. The van der Waals surface area contributed by atoms with Crippen LogP contribution in [0.2, 0.25) is 0 Å². The van der Waals surface area contributed by atoms with E-state index in [-0.39, 0.29) is 6.04 Å². The smallest absolute Gasteiger partial charge is 0.0795 e. The molecule has 16 heavy (non-hydrogen) atoms. The first kappa shape index (κ1) is 11.9. The zero-order chi connectivity index (χ0) is 11.5. The van der Waals surface area contributed by atoms with Gasteiger partial charge in [0.05, 0.1) is 17.2 Å². The largest absolute Gasteiger partial charge is 0.377 e. The minimum atomic E-state index is 0.255. The van der Waals surface area contributed by atoms with Gasteiger partial charge >= 0.3 is 0 Å². The molecule has 0 saturated carbocycles. The predicted octanol–water partition coefficient (Wildman–Crippen LogP) is 4.23. The molecule has 2 nitrogen and oxygen atoms in total. The summed E-state index contributed by atoms with van der Waals surface area (Å²) < 4.78 is 1.27. The predicted molar refractivity (Wildman–Crippen MR) is 78.0 cm³/mol. The van der Waals surface area contributed by atoms with Crippen molar-refractivity contribution < 1.29 is 0 Å². The molecule has 0 aliphatic carbocycles. The molecule has 0 saturated heterocycles. The highest BCUT2D eigenvalue weighted by Gasteiger charge is 2.08. The monoisotopic (exact) mass is 344 g/mol. The lowest BCUT2D eigenvalue weighted by atomic mass is 10.1. The summed E-state index contributed by atoms with van der Waals surface area (Å²) in [5.41, 5.74) is 5.42. The van der Waals surface area contributed by atoms with Crippen LogP contribution in [0.4, 0.5) is 5.69 Å².